The predicted molar refractivity (Wildman–Crippen MR) is 119 cm³/mol. The van der Waals surface area contributed by atoms with Crippen LogP contribution in [0.2, 0.25) is 0 Å². The number of likely N-dealkylation sites (N-methyl/N-ethyl adjacent to an activating group) is 1. The summed E-state index contributed by atoms with van der Waals surface area (Å²) in [7, 11) is 1.67. The highest BCUT2D eigenvalue weighted by atomic mass is 16.5. The average Bonchev–Trinajstić information content (AvgIpc) is 3.27. The van der Waals surface area contributed by atoms with Crippen LogP contribution in [0, 0.1) is 6.92 Å². The van der Waals surface area contributed by atoms with Crippen LogP contribution in [-0.4, -0.2) is 47.3 Å². The average molecular weight is 407 g/mol. The van der Waals surface area contributed by atoms with Gasteiger partial charge in [0.15, 0.2) is 0 Å². The van der Waals surface area contributed by atoms with E-state index in [1.54, 1.807) is 24.2 Å². The number of nitrogens with one attached hydrogen (secondary N) is 1. The Morgan fingerprint density at radius 2 is 1.93 bits per heavy atom. The molecule has 0 aliphatic rings. The number of hydrogen-bond donors (Lipinski definition) is 1. The lowest BCUT2D eigenvalue weighted by Gasteiger charge is -2.30. The number of nitrogens with zero attached hydrogens (tertiary/aromatic N) is 3. The van der Waals surface area contributed by atoms with Crippen molar-refractivity contribution in [1.29, 1.82) is 0 Å². The quantitative estimate of drug-likeness (QED) is 0.583. The number of aryl methyl sites for hydroxylation is 1. The number of methoxy groups -OCH3 is 1. The Hall–Kier alpha value is -3.12. The normalized spacial score (nSPS) is 12.0. The fourth-order valence-corrected chi connectivity index (χ4v) is 3.65. The van der Waals surface area contributed by atoms with Crippen molar-refractivity contribution in [1.82, 2.24) is 20.0 Å². The van der Waals surface area contributed by atoms with Crippen LogP contribution < -0.4 is 10.1 Å². The second-order valence-corrected chi connectivity index (χ2v) is 7.18. The van der Waals surface area contributed by atoms with Crippen molar-refractivity contribution >= 4 is 5.91 Å². The first kappa shape index (κ1) is 21.6. The van der Waals surface area contributed by atoms with E-state index in [0.717, 1.165) is 35.7 Å². The summed E-state index contributed by atoms with van der Waals surface area (Å²) in [5.41, 5.74) is 3.73. The monoisotopic (exact) mass is 406 g/mol. The third-order valence-electron chi connectivity index (χ3n) is 5.39. The first-order valence-corrected chi connectivity index (χ1v) is 10.3. The van der Waals surface area contributed by atoms with Gasteiger partial charge >= 0.3 is 0 Å². The van der Waals surface area contributed by atoms with E-state index < -0.39 is 0 Å². The number of ether oxygens (including phenoxy) is 1. The molecule has 0 spiro atoms. The first-order chi connectivity index (χ1) is 14.6. The molecule has 0 bridgehead atoms. The van der Waals surface area contributed by atoms with Gasteiger partial charge in [0.1, 0.15) is 5.75 Å². The molecule has 1 amide bonds. The largest absolute Gasteiger partial charge is 0.497 e. The molecular formula is C24H30N4O2. The highest BCUT2D eigenvalue weighted by Gasteiger charge is 2.20. The fourth-order valence-electron chi connectivity index (χ4n) is 3.65. The van der Waals surface area contributed by atoms with E-state index in [1.807, 2.05) is 49.4 Å². The molecule has 0 saturated heterocycles. The zero-order chi connectivity index (χ0) is 21.5. The minimum absolute atomic E-state index is 0.0606. The molecule has 30 heavy (non-hydrogen) atoms. The molecule has 0 aliphatic carbocycles. The van der Waals surface area contributed by atoms with Gasteiger partial charge in [-0.15, -0.1) is 0 Å². The summed E-state index contributed by atoms with van der Waals surface area (Å²) in [6, 6.07) is 16.1. The highest BCUT2D eigenvalue weighted by molar-refractivity contribution is 5.93. The van der Waals surface area contributed by atoms with Crippen molar-refractivity contribution in [2.24, 2.45) is 0 Å². The lowest BCUT2D eigenvalue weighted by molar-refractivity contribution is 0.0935. The summed E-state index contributed by atoms with van der Waals surface area (Å²) in [6.45, 7) is 8.57. The third-order valence-corrected chi connectivity index (χ3v) is 5.39. The van der Waals surface area contributed by atoms with Crippen LogP contribution >= 0.6 is 0 Å². The molecule has 6 nitrogen and oxygen atoms in total. The topological polar surface area (TPSA) is 59.4 Å². The molecule has 3 rings (SSSR count). The minimum Gasteiger partial charge on any atom is -0.497 e. The number of carbonyl (C=O) groups is 1. The number of rotatable bonds is 9. The van der Waals surface area contributed by atoms with E-state index in [-0.39, 0.29) is 11.9 Å². The van der Waals surface area contributed by atoms with Gasteiger partial charge in [-0.05, 0) is 49.3 Å². The molecule has 0 radical (unpaired) electrons. The summed E-state index contributed by atoms with van der Waals surface area (Å²) in [5, 5.41) is 7.46. The van der Waals surface area contributed by atoms with Crippen molar-refractivity contribution < 1.29 is 9.53 Å². The maximum atomic E-state index is 12.8. The molecule has 2 aromatic carbocycles. The molecule has 6 heteroatoms. The molecule has 1 aromatic heterocycles. The van der Waals surface area contributed by atoms with Crippen LogP contribution in [0.25, 0.3) is 5.69 Å². The van der Waals surface area contributed by atoms with Gasteiger partial charge in [0, 0.05) is 12.7 Å². The molecule has 158 valence electrons. The van der Waals surface area contributed by atoms with Crippen LogP contribution in [0.4, 0.5) is 0 Å². The SMILES string of the molecule is CCN(CC)C(CNC(=O)c1cnn(-c2ccccc2C)c1)c1cccc(OC)c1. The first-order valence-electron chi connectivity index (χ1n) is 10.3. The van der Waals surface area contributed by atoms with Crippen LogP contribution in [-0.2, 0) is 0 Å². The molecular weight excluding hydrogens is 376 g/mol. The maximum absolute atomic E-state index is 12.8. The second kappa shape index (κ2) is 10.1. The molecule has 3 aromatic rings. The molecule has 1 unspecified atom stereocenters. The summed E-state index contributed by atoms with van der Waals surface area (Å²) in [5.74, 6) is 0.686. The van der Waals surface area contributed by atoms with Crippen molar-refractivity contribution in [2.45, 2.75) is 26.8 Å². The lowest BCUT2D eigenvalue weighted by Crippen LogP contribution is -2.38. The highest BCUT2D eigenvalue weighted by Crippen LogP contribution is 2.24. The van der Waals surface area contributed by atoms with Gasteiger partial charge in [0.05, 0.1) is 30.6 Å². The smallest absolute Gasteiger partial charge is 0.254 e. The number of carbonyl (C=O) groups excluding carboxylic acids is 1. The Morgan fingerprint density at radius 3 is 2.63 bits per heavy atom. The Morgan fingerprint density at radius 1 is 1.17 bits per heavy atom. The summed E-state index contributed by atoms with van der Waals surface area (Å²) in [4.78, 5) is 15.1. The van der Waals surface area contributed by atoms with Crippen LogP contribution in [0.1, 0.15) is 41.4 Å². The summed E-state index contributed by atoms with van der Waals surface area (Å²) in [6.07, 6.45) is 3.38. The Bertz CT molecular complexity index is 979. The number of amides is 1. The van der Waals surface area contributed by atoms with Gasteiger partial charge in [-0.25, -0.2) is 4.68 Å². The molecule has 1 heterocycles. The van der Waals surface area contributed by atoms with Gasteiger partial charge in [-0.2, -0.15) is 5.10 Å². The standard InChI is InChI=1S/C24H30N4O2/c1-5-27(6-2)23(19-11-9-12-21(14-19)30-4)16-25-24(29)20-15-26-28(17-20)22-13-8-7-10-18(22)3/h7-15,17,23H,5-6,16H2,1-4H3,(H,25,29). The Balaban J connectivity index is 1.75. The third kappa shape index (κ3) is 4.89. The van der Waals surface area contributed by atoms with Crippen molar-refractivity contribution in [3.05, 3.63) is 77.6 Å². The number of para-hydroxylation sites is 1. The summed E-state index contributed by atoms with van der Waals surface area (Å²) < 4.78 is 7.13. The van der Waals surface area contributed by atoms with Crippen molar-refractivity contribution in [2.75, 3.05) is 26.7 Å². The predicted octanol–water partition coefficient (Wildman–Crippen LogP) is 4.00. The molecule has 0 aliphatic heterocycles. The minimum atomic E-state index is -0.130. The second-order valence-electron chi connectivity index (χ2n) is 7.18. The van der Waals surface area contributed by atoms with E-state index in [1.165, 1.54) is 0 Å². The van der Waals surface area contributed by atoms with E-state index in [2.05, 4.69) is 35.2 Å². The maximum Gasteiger partial charge on any atom is 0.254 e. The molecule has 1 N–H and O–H groups in total. The van der Waals surface area contributed by atoms with Gasteiger partial charge in [-0.3, -0.25) is 9.69 Å². The van der Waals surface area contributed by atoms with Gasteiger partial charge < -0.3 is 10.1 Å². The zero-order valence-electron chi connectivity index (χ0n) is 18.1. The number of benzene rings is 2. The van der Waals surface area contributed by atoms with E-state index in [0.29, 0.717) is 12.1 Å². The number of aromatic nitrogens is 2. The van der Waals surface area contributed by atoms with E-state index in [9.17, 15) is 4.79 Å². The number of hydrogen-bond acceptors (Lipinski definition) is 4. The molecule has 1 atom stereocenters. The van der Waals surface area contributed by atoms with Crippen LogP contribution in [0.3, 0.4) is 0 Å². The van der Waals surface area contributed by atoms with E-state index in [4.69, 9.17) is 4.74 Å². The molecule has 0 saturated carbocycles. The molecule has 0 fully saturated rings. The Kier molecular flexibility index (Phi) is 7.25. The van der Waals surface area contributed by atoms with Gasteiger partial charge in [-0.1, -0.05) is 44.2 Å². The Labute approximate surface area is 178 Å². The lowest BCUT2D eigenvalue weighted by atomic mass is 10.0. The van der Waals surface area contributed by atoms with Gasteiger partial charge in [0.2, 0.25) is 0 Å². The van der Waals surface area contributed by atoms with Crippen LogP contribution in [0.5, 0.6) is 5.75 Å². The van der Waals surface area contributed by atoms with Crippen molar-refractivity contribution in [3.8, 4) is 11.4 Å². The van der Waals surface area contributed by atoms with Gasteiger partial charge in [0.25, 0.3) is 5.91 Å². The zero-order valence-corrected chi connectivity index (χ0v) is 18.1. The van der Waals surface area contributed by atoms with E-state index >= 15 is 0 Å². The fraction of sp³-hybridized carbons (Fsp3) is 0.333. The van der Waals surface area contributed by atoms with Crippen LogP contribution in [0.15, 0.2) is 60.9 Å². The van der Waals surface area contributed by atoms with Crippen molar-refractivity contribution in [3.63, 3.8) is 0 Å². The summed E-state index contributed by atoms with van der Waals surface area (Å²) >= 11 is 0.